The molecule has 0 saturated heterocycles. The van der Waals surface area contributed by atoms with Crippen LogP contribution in [0.2, 0.25) is 0 Å². The lowest BCUT2D eigenvalue weighted by Gasteiger charge is -2.32. The van der Waals surface area contributed by atoms with Crippen LogP contribution in [0.4, 0.5) is 11.4 Å². The van der Waals surface area contributed by atoms with Gasteiger partial charge in [-0.05, 0) is 71.8 Å². The van der Waals surface area contributed by atoms with Crippen LogP contribution in [0.25, 0.3) is 0 Å². The number of carbonyl (C=O) groups excluding carboxylic acids is 1. The molecule has 7 nitrogen and oxygen atoms in total. The summed E-state index contributed by atoms with van der Waals surface area (Å²) in [6, 6.07) is 33.1. The molecule has 3 unspecified atom stereocenters. The van der Waals surface area contributed by atoms with Crippen LogP contribution in [-0.2, 0) is 21.4 Å². The Labute approximate surface area is 261 Å². The molecular formula is C36H41N3O4S. The molecule has 8 heteroatoms. The van der Waals surface area contributed by atoms with E-state index in [0.29, 0.717) is 5.69 Å². The van der Waals surface area contributed by atoms with Gasteiger partial charge in [0.15, 0.2) is 0 Å². The maximum Gasteiger partial charge on any atom is 0.264 e. The van der Waals surface area contributed by atoms with Crippen LogP contribution in [0.5, 0.6) is 0 Å². The van der Waals surface area contributed by atoms with Crippen LogP contribution in [-0.4, -0.2) is 40.1 Å². The Bertz CT molecular complexity index is 1610. The van der Waals surface area contributed by atoms with Gasteiger partial charge in [-0.25, -0.2) is 8.42 Å². The van der Waals surface area contributed by atoms with Gasteiger partial charge in [0.25, 0.3) is 10.0 Å². The van der Waals surface area contributed by atoms with E-state index >= 15 is 0 Å². The lowest BCUT2D eigenvalue weighted by atomic mass is 9.74. The van der Waals surface area contributed by atoms with Crippen molar-refractivity contribution in [3.8, 4) is 0 Å². The van der Waals surface area contributed by atoms with Gasteiger partial charge in [0.1, 0.15) is 0 Å². The summed E-state index contributed by atoms with van der Waals surface area (Å²) in [5.41, 5.74) is 4.37. The summed E-state index contributed by atoms with van der Waals surface area (Å²) in [4.78, 5) is 15.7. The molecule has 230 valence electrons. The van der Waals surface area contributed by atoms with Gasteiger partial charge in [-0.3, -0.25) is 9.10 Å². The number of anilines is 2. The van der Waals surface area contributed by atoms with Crippen molar-refractivity contribution >= 4 is 27.3 Å². The number of aliphatic hydroxyl groups excluding tert-OH is 1. The van der Waals surface area contributed by atoms with Crippen molar-refractivity contribution in [1.29, 1.82) is 0 Å². The maximum absolute atomic E-state index is 13.9. The number of nitrogens with one attached hydrogen (secondary N) is 1. The molecule has 4 aromatic rings. The number of nitrogens with zero attached hydrogens (tertiary/aromatic N) is 2. The van der Waals surface area contributed by atoms with E-state index < -0.39 is 16.1 Å². The largest absolute Gasteiger partial charge is 0.394 e. The average Bonchev–Trinajstić information content (AvgIpc) is 3.07. The predicted molar refractivity (Wildman–Crippen MR) is 176 cm³/mol. The van der Waals surface area contributed by atoms with Gasteiger partial charge < -0.3 is 15.3 Å². The Kier molecular flexibility index (Phi) is 10.0. The lowest BCUT2D eigenvalue weighted by molar-refractivity contribution is -0.127. The second-order valence-electron chi connectivity index (χ2n) is 11.6. The molecule has 1 aliphatic carbocycles. The maximum atomic E-state index is 13.9. The summed E-state index contributed by atoms with van der Waals surface area (Å²) >= 11 is 0. The van der Waals surface area contributed by atoms with Gasteiger partial charge in [0.2, 0.25) is 5.91 Å². The fourth-order valence-electron chi connectivity index (χ4n) is 6.03. The fourth-order valence-corrected chi connectivity index (χ4v) is 7.50. The summed E-state index contributed by atoms with van der Waals surface area (Å²) in [5, 5.41) is 13.1. The summed E-state index contributed by atoms with van der Waals surface area (Å²) in [6.45, 7) is 0.00472. The quantitative estimate of drug-likeness (QED) is 0.209. The van der Waals surface area contributed by atoms with Gasteiger partial charge in [-0.1, -0.05) is 85.6 Å². The summed E-state index contributed by atoms with van der Waals surface area (Å²) in [7, 11) is 0.0697. The highest BCUT2D eigenvalue weighted by Gasteiger charge is 2.33. The monoisotopic (exact) mass is 611 g/mol. The highest BCUT2D eigenvalue weighted by Crippen LogP contribution is 2.39. The van der Waals surface area contributed by atoms with E-state index in [1.165, 1.54) is 4.31 Å². The Morgan fingerprint density at radius 3 is 2.02 bits per heavy atom. The van der Waals surface area contributed by atoms with E-state index in [1.54, 1.807) is 30.3 Å². The number of aliphatic hydroxyl groups is 1. The van der Waals surface area contributed by atoms with E-state index in [4.69, 9.17) is 0 Å². The zero-order chi connectivity index (χ0) is 31.1. The normalized spacial score (nSPS) is 17.4. The van der Waals surface area contributed by atoms with Gasteiger partial charge in [0.05, 0.1) is 29.8 Å². The van der Waals surface area contributed by atoms with Gasteiger partial charge in [-0.15, -0.1) is 0 Å². The molecule has 1 saturated carbocycles. The number of amides is 1. The second kappa shape index (κ2) is 14.1. The number of carbonyl (C=O) groups is 1. The topological polar surface area (TPSA) is 89.9 Å². The van der Waals surface area contributed by atoms with Gasteiger partial charge in [-0.2, -0.15) is 0 Å². The zero-order valence-corrected chi connectivity index (χ0v) is 26.2. The Morgan fingerprint density at radius 2 is 1.41 bits per heavy atom. The molecule has 1 aliphatic rings. The third kappa shape index (κ3) is 7.14. The van der Waals surface area contributed by atoms with Crippen molar-refractivity contribution in [1.82, 2.24) is 5.32 Å². The van der Waals surface area contributed by atoms with E-state index in [9.17, 15) is 18.3 Å². The summed E-state index contributed by atoms with van der Waals surface area (Å²) < 4.78 is 29.2. The van der Waals surface area contributed by atoms with Crippen LogP contribution in [0.15, 0.2) is 114 Å². The smallest absolute Gasteiger partial charge is 0.264 e. The zero-order valence-electron chi connectivity index (χ0n) is 25.3. The van der Waals surface area contributed by atoms with Crippen molar-refractivity contribution in [2.45, 2.75) is 49.1 Å². The first-order chi connectivity index (χ1) is 21.3. The highest BCUT2D eigenvalue weighted by molar-refractivity contribution is 7.92. The molecule has 5 rings (SSSR count). The Morgan fingerprint density at radius 1 is 0.818 bits per heavy atom. The third-order valence-corrected chi connectivity index (χ3v) is 10.3. The second-order valence-corrected chi connectivity index (χ2v) is 13.5. The first-order valence-electron chi connectivity index (χ1n) is 15.2. The van der Waals surface area contributed by atoms with Gasteiger partial charge in [0, 0.05) is 25.7 Å². The van der Waals surface area contributed by atoms with Gasteiger partial charge >= 0.3 is 0 Å². The minimum absolute atomic E-state index is 0.0389. The van der Waals surface area contributed by atoms with Crippen LogP contribution in [0.3, 0.4) is 0 Å². The SMILES string of the molecule is CN(C)c1ccc(N(Cc2ccc(C3CCCCC3C(=O)NC(CO)c3ccccc3)cc2)S(=O)(=O)c2ccccc2)cc1. The van der Waals surface area contributed by atoms with Crippen molar-refractivity contribution in [2.75, 3.05) is 29.9 Å². The molecule has 0 heterocycles. The van der Waals surface area contributed by atoms with Crippen LogP contribution in [0.1, 0.15) is 54.3 Å². The molecule has 44 heavy (non-hydrogen) atoms. The van der Waals surface area contributed by atoms with Crippen molar-refractivity contribution in [3.63, 3.8) is 0 Å². The van der Waals surface area contributed by atoms with E-state index in [2.05, 4.69) is 5.32 Å². The lowest BCUT2D eigenvalue weighted by Crippen LogP contribution is -2.39. The number of benzene rings is 4. The predicted octanol–water partition coefficient (Wildman–Crippen LogP) is 6.27. The average molecular weight is 612 g/mol. The van der Waals surface area contributed by atoms with Crippen LogP contribution < -0.4 is 14.5 Å². The molecule has 0 spiro atoms. The first-order valence-corrected chi connectivity index (χ1v) is 16.6. The van der Waals surface area contributed by atoms with E-state index in [1.807, 2.05) is 97.9 Å². The molecule has 4 aromatic carbocycles. The number of hydrogen-bond donors (Lipinski definition) is 2. The first kappa shape index (κ1) is 31.3. The van der Waals surface area contributed by atoms with Crippen molar-refractivity contribution in [3.05, 3.63) is 126 Å². The van der Waals surface area contributed by atoms with E-state index in [-0.39, 0.29) is 35.8 Å². The number of sulfonamides is 1. The Hall–Kier alpha value is -4.14. The molecular weight excluding hydrogens is 570 g/mol. The van der Waals surface area contributed by atoms with E-state index in [0.717, 1.165) is 48.1 Å². The molecule has 3 atom stereocenters. The highest BCUT2D eigenvalue weighted by atomic mass is 32.2. The molecule has 0 bridgehead atoms. The number of rotatable bonds is 11. The third-order valence-electron chi connectivity index (χ3n) is 8.52. The van der Waals surface area contributed by atoms with Crippen molar-refractivity contribution < 1.29 is 18.3 Å². The van der Waals surface area contributed by atoms with Crippen molar-refractivity contribution in [2.24, 2.45) is 5.92 Å². The minimum Gasteiger partial charge on any atom is -0.394 e. The molecule has 1 fully saturated rings. The Balaban J connectivity index is 1.37. The summed E-state index contributed by atoms with van der Waals surface area (Å²) in [5.74, 6) is -0.184. The molecule has 2 N–H and O–H groups in total. The summed E-state index contributed by atoms with van der Waals surface area (Å²) in [6.07, 6.45) is 3.72. The molecule has 0 radical (unpaired) electrons. The molecule has 0 aromatic heterocycles. The molecule has 1 amide bonds. The minimum atomic E-state index is -3.83. The number of hydrogen-bond acceptors (Lipinski definition) is 5. The molecule has 0 aliphatic heterocycles. The fraction of sp³-hybridized carbons (Fsp3) is 0.306. The van der Waals surface area contributed by atoms with Crippen LogP contribution >= 0.6 is 0 Å². The standard InChI is InChI=1S/C36H41N3O4S/c1-38(2)30-21-23-31(24-22-30)39(44(42,43)32-13-7-4-8-14-32)25-27-17-19-28(20-18-27)33-15-9-10-16-34(33)36(41)37-35(26-40)29-11-5-3-6-12-29/h3-8,11-14,17-24,33-35,40H,9-10,15-16,25-26H2,1-2H3,(H,37,41). The van der Waals surface area contributed by atoms with Crippen LogP contribution in [0, 0.1) is 5.92 Å².